The maximum atomic E-state index is 11.5. The van der Waals surface area contributed by atoms with Crippen LogP contribution >= 0.6 is 0 Å². The molecule has 0 bridgehead atoms. The summed E-state index contributed by atoms with van der Waals surface area (Å²) >= 11 is 0. The van der Waals surface area contributed by atoms with Crippen LogP contribution in [0.3, 0.4) is 0 Å². The van der Waals surface area contributed by atoms with Crippen molar-refractivity contribution >= 4 is 9.84 Å². The second-order valence-corrected chi connectivity index (χ2v) is 7.26. The number of benzene rings is 1. The van der Waals surface area contributed by atoms with Crippen molar-refractivity contribution in [1.29, 1.82) is 0 Å². The van der Waals surface area contributed by atoms with Crippen LogP contribution in [0.15, 0.2) is 29.2 Å². The Balaban J connectivity index is 2.11. The molecule has 0 amide bonds. The van der Waals surface area contributed by atoms with E-state index in [1.54, 1.807) is 12.1 Å². The van der Waals surface area contributed by atoms with Gasteiger partial charge in [-0.1, -0.05) is 12.1 Å². The van der Waals surface area contributed by atoms with Gasteiger partial charge in [-0.3, -0.25) is 4.90 Å². The van der Waals surface area contributed by atoms with Crippen molar-refractivity contribution in [2.24, 2.45) is 5.73 Å². The molecule has 0 saturated carbocycles. The van der Waals surface area contributed by atoms with Gasteiger partial charge in [0.25, 0.3) is 0 Å². The topological polar surface area (TPSA) is 72.6 Å². The van der Waals surface area contributed by atoms with Gasteiger partial charge < -0.3 is 10.5 Å². The number of nitrogens with two attached hydrogens (primary N) is 1. The summed E-state index contributed by atoms with van der Waals surface area (Å²) in [5.41, 5.74) is 6.76. The van der Waals surface area contributed by atoms with E-state index in [0.717, 1.165) is 18.7 Å². The highest BCUT2D eigenvalue weighted by molar-refractivity contribution is 7.90. The van der Waals surface area contributed by atoms with Gasteiger partial charge in [0.1, 0.15) is 0 Å². The summed E-state index contributed by atoms with van der Waals surface area (Å²) in [7, 11) is -3.13. The van der Waals surface area contributed by atoms with Crippen LogP contribution in [0.25, 0.3) is 0 Å². The molecule has 5 nitrogen and oxygen atoms in total. The highest BCUT2D eigenvalue weighted by atomic mass is 32.2. The Bertz CT molecular complexity index is 542. The molecule has 1 heterocycles. The average Bonchev–Trinajstić information content (AvgIpc) is 2.46. The summed E-state index contributed by atoms with van der Waals surface area (Å²) < 4.78 is 28.5. The van der Waals surface area contributed by atoms with E-state index in [1.807, 2.05) is 12.1 Å². The minimum Gasteiger partial charge on any atom is -0.374 e. The molecule has 112 valence electrons. The van der Waals surface area contributed by atoms with Gasteiger partial charge in [-0.25, -0.2) is 8.42 Å². The highest BCUT2D eigenvalue weighted by Gasteiger charge is 2.24. The van der Waals surface area contributed by atoms with E-state index < -0.39 is 9.84 Å². The van der Waals surface area contributed by atoms with Gasteiger partial charge in [0, 0.05) is 31.9 Å². The summed E-state index contributed by atoms with van der Waals surface area (Å²) in [6, 6.07) is 7.33. The standard InChI is InChI=1S/C14H22N2O3S/c1-11(16-7-8-19-13(9-15)10-16)12-3-5-14(6-4-12)20(2,17)18/h3-6,11,13H,7-10,15H2,1-2H3. The molecule has 1 aliphatic heterocycles. The lowest BCUT2D eigenvalue weighted by Gasteiger charge is -2.36. The van der Waals surface area contributed by atoms with Crippen LogP contribution in [0.5, 0.6) is 0 Å². The highest BCUT2D eigenvalue weighted by Crippen LogP contribution is 2.23. The van der Waals surface area contributed by atoms with Gasteiger partial charge in [0.05, 0.1) is 17.6 Å². The second-order valence-electron chi connectivity index (χ2n) is 5.24. The van der Waals surface area contributed by atoms with Crippen LogP contribution in [0.1, 0.15) is 18.5 Å². The summed E-state index contributed by atoms with van der Waals surface area (Å²) in [5, 5.41) is 0. The van der Waals surface area contributed by atoms with Crippen molar-refractivity contribution < 1.29 is 13.2 Å². The average molecular weight is 298 g/mol. The summed E-state index contributed by atoms with van der Waals surface area (Å²) in [5.74, 6) is 0. The lowest BCUT2D eigenvalue weighted by Crippen LogP contribution is -2.46. The molecule has 1 saturated heterocycles. The Hall–Kier alpha value is -0.950. The number of sulfone groups is 1. The predicted octanol–water partition coefficient (Wildman–Crippen LogP) is 0.811. The smallest absolute Gasteiger partial charge is 0.175 e. The zero-order valence-electron chi connectivity index (χ0n) is 12.0. The molecule has 1 aliphatic rings. The maximum absolute atomic E-state index is 11.5. The molecule has 0 radical (unpaired) electrons. The predicted molar refractivity (Wildman–Crippen MR) is 78.3 cm³/mol. The largest absolute Gasteiger partial charge is 0.374 e. The van der Waals surface area contributed by atoms with Crippen molar-refractivity contribution in [3.63, 3.8) is 0 Å². The number of morpholine rings is 1. The molecule has 1 fully saturated rings. The van der Waals surface area contributed by atoms with Crippen LogP contribution < -0.4 is 5.73 Å². The second kappa shape index (κ2) is 6.22. The fourth-order valence-electron chi connectivity index (χ4n) is 2.44. The SMILES string of the molecule is CC(c1ccc(S(C)(=O)=O)cc1)N1CCOC(CN)C1. The minimum atomic E-state index is -3.13. The zero-order valence-corrected chi connectivity index (χ0v) is 12.8. The monoisotopic (exact) mass is 298 g/mol. The van der Waals surface area contributed by atoms with Crippen LogP contribution in [-0.2, 0) is 14.6 Å². The van der Waals surface area contributed by atoms with Gasteiger partial charge in [-0.05, 0) is 24.6 Å². The van der Waals surface area contributed by atoms with E-state index in [9.17, 15) is 8.42 Å². The Morgan fingerprint density at radius 3 is 2.60 bits per heavy atom. The molecular formula is C14H22N2O3S. The number of rotatable bonds is 4. The third-order valence-electron chi connectivity index (χ3n) is 3.77. The maximum Gasteiger partial charge on any atom is 0.175 e. The first-order chi connectivity index (χ1) is 9.41. The van der Waals surface area contributed by atoms with Gasteiger partial charge in [-0.2, -0.15) is 0 Å². The third kappa shape index (κ3) is 3.58. The third-order valence-corrected chi connectivity index (χ3v) is 4.90. The molecule has 0 spiro atoms. The van der Waals surface area contributed by atoms with Gasteiger partial charge in [0.15, 0.2) is 9.84 Å². The van der Waals surface area contributed by atoms with E-state index in [2.05, 4.69) is 11.8 Å². The molecule has 1 aromatic rings. The summed E-state index contributed by atoms with van der Waals surface area (Å²) in [4.78, 5) is 2.67. The van der Waals surface area contributed by atoms with Crippen molar-refractivity contribution in [3.8, 4) is 0 Å². The van der Waals surface area contributed by atoms with Crippen molar-refractivity contribution in [2.75, 3.05) is 32.5 Å². The van der Waals surface area contributed by atoms with Crippen molar-refractivity contribution in [2.45, 2.75) is 24.0 Å². The lowest BCUT2D eigenvalue weighted by atomic mass is 10.1. The van der Waals surface area contributed by atoms with Crippen LogP contribution in [0.2, 0.25) is 0 Å². The molecule has 6 heteroatoms. The molecule has 0 aromatic heterocycles. The number of hydrogen-bond donors (Lipinski definition) is 1. The van der Waals surface area contributed by atoms with Gasteiger partial charge in [-0.15, -0.1) is 0 Å². The normalized spacial score (nSPS) is 22.6. The van der Waals surface area contributed by atoms with Crippen LogP contribution in [0, 0.1) is 0 Å². The Labute approximate surface area is 120 Å². The Kier molecular flexibility index (Phi) is 4.80. The van der Waals surface area contributed by atoms with Crippen LogP contribution in [0.4, 0.5) is 0 Å². The van der Waals surface area contributed by atoms with E-state index in [4.69, 9.17) is 10.5 Å². The first-order valence-electron chi connectivity index (χ1n) is 6.77. The quantitative estimate of drug-likeness (QED) is 0.890. The fraction of sp³-hybridized carbons (Fsp3) is 0.571. The molecule has 2 N–H and O–H groups in total. The molecule has 2 rings (SSSR count). The first kappa shape index (κ1) is 15.4. The zero-order chi connectivity index (χ0) is 14.8. The van der Waals surface area contributed by atoms with Crippen LogP contribution in [-0.4, -0.2) is 51.9 Å². The van der Waals surface area contributed by atoms with Crippen molar-refractivity contribution in [3.05, 3.63) is 29.8 Å². The molecular weight excluding hydrogens is 276 g/mol. The molecule has 1 aromatic carbocycles. The number of ether oxygens (including phenoxy) is 1. The lowest BCUT2D eigenvalue weighted by molar-refractivity contribution is -0.0364. The van der Waals surface area contributed by atoms with Crippen molar-refractivity contribution in [1.82, 2.24) is 4.90 Å². The van der Waals surface area contributed by atoms with E-state index >= 15 is 0 Å². The van der Waals surface area contributed by atoms with E-state index in [1.165, 1.54) is 6.26 Å². The fourth-order valence-corrected chi connectivity index (χ4v) is 3.07. The number of nitrogens with zero attached hydrogens (tertiary/aromatic N) is 1. The van der Waals surface area contributed by atoms with E-state index in [-0.39, 0.29) is 12.1 Å². The van der Waals surface area contributed by atoms with E-state index in [0.29, 0.717) is 18.0 Å². The van der Waals surface area contributed by atoms with Gasteiger partial charge in [0.2, 0.25) is 0 Å². The Morgan fingerprint density at radius 1 is 1.40 bits per heavy atom. The number of hydrogen-bond acceptors (Lipinski definition) is 5. The summed E-state index contributed by atoms with van der Waals surface area (Å²) in [6.45, 7) is 5.01. The molecule has 2 atom stereocenters. The summed E-state index contributed by atoms with van der Waals surface area (Å²) in [6.07, 6.45) is 1.31. The molecule has 20 heavy (non-hydrogen) atoms. The first-order valence-corrected chi connectivity index (χ1v) is 8.66. The van der Waals surface area contributed by atoms with Gasteiger partial charge >= 0.3 is 0 Å². The Morgan fingerprint density at radius 2 is 2.05 bits per heavy atom. The minimum absolute atomic E-state index is 0.0847. The molecule has 0 aliphatic carbocycles. The molecule has 2 unspecified atom stereocenters.